The summed E-state index contributed by atoms with van der Waals surface area (Å²) in [5, 5.41) is 5.56. The van der Waals surface area contributed by atoms with Crippen molar-refractivity contribution in [3.8, 4) is 11.5 Å². The predicted octanol–water partition coefficient (Wildman–Crippen LogP) is 1.91. The Kier molecular flexibility index (Phi) is 8.05. The molecule has 0 bridgehead atoms. The zero-order valence-corrected chi connectivity index (χ0v) is 14.8. The first-order valence-corrected chi connectivity index (χ1v) is 8.01. The van der Waals surface area contributed by atoms with E-state index in [1.807, 2.05) is 0 Å². The van der Waals surface area contributed by atoms with E-state index in [1.54, 1.807) is 12.1 Å². The van der Waals surface area contributed by atoms with Gasteiger partial charge in [0.2, 0.25) is 5.91 Å². The average Bonchev–Trinajstić information content (AvgIpc) is 2.56. The number of hydrogen-bond acceptors (Lipinski definition) is 5. The van der Waals surface area contributed by atoms with Crippen LogP contribution in [0.1, 0.15) is 43.5 Å². The number of carbonyl (C=O) groups is 2. The quantitative estimate of drug-likeness (QED) is 0.639. The number of nitrogens with one attached hydrogen (secondary N) is 2. The van der Waals surface area contributed by atoms with E-state index in [4.69, 9.17) is 15.2 Å². The number of unbranched alkanes of at least 4 members (excludes halogenated alkanes) is 1. The molecular weight excluding hydrogens is 310 g/mol. The van der Waals surface area contributed by atoms with E-state index in [0.717, 1.165) is 19.3 Å². The Morgan fingerprint density at radius 3 is 2.46 bits per heavy atom. The fourth-order valence-corrected chi connectivity index (χ4v) is 2.35. The fraction of sp³-hybridized carbons (Fsp3) is 0.529. The van der Waals surface area contributed by atoms with Gasteiger partial charge in [-0.15, -0.1) is 0 Å². The largest absolute Gasteiger partial charge is 0.493 e. The van der Waals surface area contributed by atoms with Crippen LogP contribution in [0.5, 0.6) is 11.5 Å². The van der Waals surface area contributed by atoms with Gasteiger partial charge in [-0.3, -0.25) is 9.59 Å². The Morgan fingerprint density at radius 1 is 1.25 bits per heavy atom. The van der Waals surface area contributed by atoms with Crippen molar-refractivity contribution in [1.82, 2.24) is 5.32 Å². The van der Waals surface area contributed by atoms with E-state index >= 15 is 0 Å². The predicted molar refractivity (Wildman–Crippen MR) is 93.7 cm³/mol. The fourth-order valence-electron chi connectivity index (χ4n) is 2.35. The van der Waals surface area contributed by atoms with Crippen LogP contribution in [0.25, 0.3) is 0 Å². The lowest BCUT2D eigenvalue weighted by atomic mass is 10.1. The zero-order valence-electron chi connectivity index (χ0n) is 14.8. The molecule has 0 fully saturated rings. The maximum atomic E-state index is 12.5. The summed E-state index contributed by atoms with van der Waals surface area (Å²) in [6, 6.07) is 3.05. The van der Waals surface area contributed by atoms with Crippen LogP contribution >= 0.6 is 0 Å². The third kappa shape index (κ3) is 5.42. The highest BCUT2D eigenvalue weighted by Gasteiger charge is 2.18. The molecule has 0 aromatic heterocycles. The maximum absolute atomic E-state index is 12.5. The zero-order chi connectivity index (χ0) is 18.1. The van der Waals surface area contributed by atoms with Crippen molar-refractivity contribution in [3.63, 3.8) is 0 Å². The number of hydrogen-bond donors (Lipinski definition) is 3. The van der Waals surface area contributed by atoms with Crippen molar-refractivity contribution in [2.24, 2.45) is 5.73 Å². The number of anilines is 1. The van der Waals surface area contributed by atoms with E-state index in [1.165, 1.54) is 21.1 Å². The van der Waals surface area contributed by atoms with Crippen molar-refractivity contribution in [3.05, 3.63) is 17.7 Å². The molecule has 4 N–H and O–H groups in total. The molecule has 0 aliphatic heterocycles. The van der Waals surface area contributed by atoms with Crippen molar-refractivity contribution in [1.29, 1.82) is 0 Å². The van der Waals surface area contributed by atoms with Gasteiger partial charge in [0.15, 0.2) is 11.5 Å². The molecule has 0 heterocycles. The molecule has 0 aliphatic carbocycles. The topological polar surface area (TPSA) is 103 Å². The number of ether oxygens (including phenoxy) is 2. The first kappa shape index (κ1) is 19.8. The summed E-state index contributed by atoms with van der Waals surface area (Å²) in [6.07, 6.45) is 2.85. The first-order chi connectivity index (χ1) is 11.5. The van der Waals surface area contributed by atoms with Crippen molar-refractivity contribution < 1.29 is 19.1 Å². The Labute approximate surface area is 142 Å². The molecule has 0 saturated heterocycles. The molecule has 0 aliphatic rings. The summed E-state index contributed by atoms with van der Waals surface area (Å²) in [5.74, 6) is 0.196. The van der Waals surface area contributed by atoms with Gasteiger partial charge in [-0.2, -0.15) is 0 Å². The van der Waals surface area contributed by atoms with Crippen LogP contribution in [0.15, 0.2) is 12.1 Å². The summed E-state index contributed by atoms with van der Waals surface area (Å²) >= 11 is 0. The number of nitrogens with two attached hydrogens (primary N) is 1. The van der Waals surface area contributed by atoms with Crippen LogP contribution in [-0.2, 0) is 4.79 Å². The molecule has 0 spiro atoms. The van der Waals surface area contributed by atoms with Crippen LogP contribution in [0.3, 0.4) is 0 Å². The SMILES string of the molecule is CCCCC(CN)NC(=O)c1cc(NC(C)=O)c(OC)c(OC)c1. The highest BCUT2D eigenvalue weighted by molar-refractivity contribution is 5.99. The van der Waals surface area contributed by atoms with Crippen LogP contribution in [0.4, 0.5) is 5.69 Å². The Bertz CT molecular complexity index is 575. The Hall–Kier alpha value is -2.28. The lowest BCUT2D eigenvalue weighted by Crippen LogP contribution is -2.40. The lowest BCUT2D eigenvalue weighted by Gasteiger charge is -2.18. The molecule has 7 heteroatoms. The number of benzene rings is 1. The Morgan fingerprint density at radius 2 is 1.96 bits per heavy atom. The van der Waals surface area contributed by atoms with Gasteiger partial charge in [-0.1, -0.05) is 19.8 Å². The molecule has 7 nitrogen and oxygen atoms in total. The first-order valence-electron chi connectivity index (χ1n) is 8.01. The molecule has 1 rings (SSSR count). The highest BCUT2D eigenvalue weighted by atomic mass is 16.5. The number of rotatable bonds is 9. The summed E-state index contributed by atoms with van der Waals surface area (Å²) in [5.41, 5.74) is 6.47. The van der Waals surface area contributed by atoms with E-state index in [2.05, 4.69) is 17.6 Å². The van der Waals surface area contributed by atoms with Crippen molar-refractivity contribution in [2.45, 2.75) is 39.2 Å². The third-order valence-corrected chi connectivity index (χ3v) is 3.58. The normalized spacial score (nSPS) is 11.5. The van der Waals surface area contributed by atoms with Gasteiger partial charge >= 0.3 is 0 Å². The average molecular weight is 337 g/mol. The van der Waals surface area contributed by atoms with Gasteiger partial charge in [0, 0.05) is 25.1 Å². The second kappa shape index (κ2) is 9.77. The van der Waals surface area contributed by atoms with Crippen LogP contribution in [-0.4, -0.2) is 38.6 Å². The smallest absolute Gasteiger partial charge is 0.251 e. The van der Waals surface area contributed by atoms with Gasteiger partial charge < -0.3 is 25.8 Å². The number of methoxy groups -OCH3 is 2. The number of amides is 2. The van der Waals surface area contributed by atoms with Gasteiger partial charge in [-0.05, 0) is 18.6 Å². The van der Waals surface area contributed by atoms with E-state index in [9.17, 15) is 9.59 Å². The minimum Gasteiger partial charge on any atom is -0.493 e. The van der Waals surface area contributed by atoms with Crippen LogP contribution < -0.4 is 25.8 Å². The highest BCUT2D eigenvalue weighted by Crippen LogP contribution is 2.36. The lowest BCUT2D eigenvalue weighted by molar-refractivity contribution is -0.114. The van der Waals surface area contributed by atoms with Crippen LogP contribution in [0.2, 0.25) is 0 Å². The third-order valence-electron chi connectivity index (χ3n) is 3.58. The van der Waals surface area contributed by atoms with E-state index < -0.39 is 0 Å². The standard InChI is InChI=1S/C17H27N3O4/c1-5-6-7-13(10-18)20-17(22)12-8-14(19-11(2)21)16(24-4)15(9-12)23-3/h8-9,13H,5-7,10,18H2,1-4H3,(H,19,21)(H,20,22). The summed E-state index contributed by atoms with van der Waals surface area (Å²) in [7, 11) is 2.94. The van der Waals surface area contributed by atoms with Gasteiger partial charge in [0.25, 0.3) is 5.91 Å². The number of carbonyl (C=O) groups excluding carboxylic acids is 2. The van der Waals surface area contributed by atoms with Crippen molar-refractivity contribution >= 4 is 17.5 Å². The molecule has 0 radical (unpaired) electrons. The molecule has 1 unspecified atom stereocenters. The monoisotopic (exact) mass is 337 g/mol. The molecule has 134 valence electrons. The molecule has 24 heavy (non-hydrogen) atoms. The summed E-state index contributed by atoms with van der Waals surface area (Å²) < 4.78 is 10.5. The minimum absolute atomic E-state index is 0.0882. The molecule has 1 aromatic carbocycles. The summed E-state index contributed by atoms with van der Waals surface area (Å²) in [4.78, 5) is 23.9. The summed E-state index contributed by atoms with van der Waals surface area (Å²) in [6.45, 7) is 3.84. The second-order valence-electron chi connectivity index (χ2n) is 5.49. The molecule has 2 amide bonds. The second-order valence-corrected chi connectivity index (χ2v) is 5.49. The van der Waals surface area contributed by atoms with E-state index in [-0.39, 0.29) is 17.9 Å². The maximum Gasteiger partial charge on any atom is 0.251 e. The van der Waals surface area contributed by atoms with E-state index in [0.29, 0.717) is 29.3 Å². The molecule has 1 atom stereocenters. The molecular formula is C17H27N3O4. The van der Waals surface area contributed by atoms with Gasteiger partial charge in [-0.25, -0.2) is 0 Å². The Balaban J connectivity index is 3.08. The van der Waals surface area contributed by atoms with Crippen LogP contribution in [0, 0.1) is 0 Å². The van der Waals surface area contributed by atoms with Crippen molar-refractivity contribution in [2.75, 3.05) is 26.1 Å². The van der Waals surface area contributed by atoms with Gasteiger partial charge in [0.05, 0.1) is 19.9 Å². The molecule has 0 saturated carbocycles. The minimum atomic E-state index is -0.269. The molecule has 1 aromatic rings. The van der Waals surface area contributed by atoms with Gasteiger partial charge in [0.1, 0.15) is 0 Å².